The zero-order chi connectivity index (χ0) is 13.5. The van der Waals surface area contributed by atoms with Crippen molar-refractivity contribution < 1.29 is 4.74 Å². The van der Waals surface area contributed by atoms with Gasteiger partial charge < -0.3 is 15.0 Å². The van der Waals surface area contributed by atoms with Crippen LogP contribution in [0.1, 0.15) is 11.3 Å². The van der Waals surface area contributed by atoms with Gasteiger partial charge in [0, 0.05) is 44.6 Å². The van der Waals surface area contributed by atoms with E-state index < -0.39 is 0 Å². The third kappa shape index (κ3) is 5.21. The minimum absolute atomic E-state index is 0. The molecule has 2 rings (SSSR count). The zero-order valence-electron chi connectivity index (χ0n) is 12.2. The molecule has 2 heterocycles. The lowest BCUT2D eigenvalue weighted by molar-refractivity contribution is 0.157. The van der Waals surface area contributed by atoms with Crippen molar-refractivity contribution in [2.45, 2.75) is 12.8 Å². The number of likely N-dealkylation sites (tertiary alicyclic amines) is 1. The van der Waals surface area contributed by atoms with E-state index in [1.165, 1.54) is 11.3 Å². The molecule has 1 saturated heterocycles. The Morgan fingerprint density at radius 1 is 1.60 bits per heavy atom. The molecule has 0 spiro atoms. The molecule has 0 aliphatic carbocycles. The molecule has 1 fully saturated rings. The first-order valence-corrected chi connectivity index (χ1v) is 7.68. The molecule has 0 aromatic carbocycles. The second-order valence-corrected chi connectivity index (χ2v) is 5.89. The van der Waals surface area contributed by atoms with E-state index in [4.69, 9.17) is 4.74 Å². The van der Waals surface area contributed by atoms with E-state index in [2.05, 4.69) is 32.7 Å². The minimum atomic E-state index is 0. The van der Waals surface area contributed by atoms with Gasteiger partial charge in [-0.05, 0) is 24.3 Å². The van der Waals surface area contributed by atoms with Gasteiger partial charge in [0.1, 0.15) is 0 Å². The molecular formula is C14H24IN3OS. The maximum absolute atomic E-state index is 5.23. The normalized spacial score (nSPS) is 19.0. The number of guanidine groups is 1. The fourth-order valence-corrected chi connectivity index (χ4v) is 3.19. The Labute approximate surface area is 142 Å². The molecule has 1 aliphatic rings. The van der Waals surface area contributed by atoms with E-state index in [1.807, 2.05) is 18.4 Å². The van der Waals surface area contributed by atoms with Gasteiger partial charge in [-0.15, -0.1) is 35.3 Å². The highest BCUT2D eigenvalue weighted by molar-refractivity contribution is 14.0. The summed E-state index contributed by atoms with van der Waals surface area (Å²) in [7, 11) is 3.63. The molecule has 0 bridgehead atoms. The van der Waals surface area contributed by atoms with Crippen LogP contribution in [0.25, 0.3) is 0 Å². The van der Waals surface area contributed by atoms with Gasteiger partial charge in [-0.1, -0.05) is 6.07 Å². The Morgan fingerprint density at radius 2 is 2.45 bits per heavy atom. The summed E-state index contributed by atoms with van der Waals surface area (Å²) in [5.41, 5.74) is 0. The van der Waals surface area contributed by atoms with Gasteiger partial charge in [0.2, 0.25) is 0 Å². The Morgan fingerprint density at radius 3 is 3.10 bits per heavy atom. The third-order valence-corrected chi connectivity index (χ3v) is 4.37. The molecule has 4 nitrogen and oxygen atoms in total. The van der Waals surface area contributed by atoms with Crippen molar-refractivity contribution in [3.05, 3.63) is 22.4 Å². The Kier molecular flexibility index (Phi) is 8.47. The highest BCUT2D eigenvalue weighted by atomic mass is 127. The number of nitrogens with zero attached hydrogens (tertiary/aromatic N) is 2. The van der Waals surface area contributed by atoms with Crippen LogP contribution in [0.2, 0.25) is 0 Å². The SMILES string of the molecule is CN=C(NCCc1cccs1)N1CCC(COC)C1.I. The number of methoxy groups -OCH3 is 1. The maximum Gasteiger partial charge on any atom is 0.193 e. The van der Waals surface area contributed by atoms with Crippen molar-refractivity contribution in [1.29, 1.82) is 0 Å². The Balaban J connectivity index is 0.00000200. The fraction of sp³-hybridized carbons (Fsp3) is 0.643. The molecule has 114 valence electrons. The molecule has 0 amide bonds. The lowest BCUT2D eigenvalue weighted by atomic mass is 10.1. The van der Waals surface area contributed by atoms with E-state index in [1.54, 1.807) is 7.11 Å². The summed E-state index contributed by atoms with van der Waals surface area (Å²) < 4.78 is 5.23. The molecule has 20 heavy (non-hydrogen) atoms. The van der Waals surface area contributed by atoms with Crippen LogP contribution < -0.4 is 5.32 Å². The number of ether oxygens (including phenoxy) is 1. The molecular weight excluding hydrogens is 385 g/mol. The van der Waals surface area contributed by atoms with E-state index in [-0.39, 0.29) is 24.0 Å². The molecule has 0 saturated carbocycles. The van der Waals surface area contributed by atoms with Crippen LogP contribution in [-0.2, 0) is 11.2 Å². The summed E-state index contributed by atoms with van der Waals surface area (Å²) in [5, 5.41) is 5.58. The van der Waals surface area contributed by atoms with Crippen LogP contribution in [0.5, 0.6) is 0 Å². The molecule has 6 heteroatoms. The second-order valence-electron chi connectivity index (χ2n) is 4.86. The number of thiophene rings is 1. The average Bonchev–Trinajstić information content (AvgIpc) is 3.06. The first-order valence-electron chi connectivity index (χ1n) is 6.80. The predicted molar refractivity (Wildman–Crippen MR) is 96.4 cm³/mol. The molecule has 1 N–H and O–H groups in total. The zero-order valence-corrected chi connectivity index (χ0v) is 15.3. The van der Waals surface area contributed by atoms with Crippen molar-refractivity contribution in [3.63, 3.8) is 0 Å². The van der Waals surface area contributed by atoms with Crippen molar-refractivity contribution >= 4 is 41.3 Å². The van der Waals surface area contributed by atoms with Crippen molar-refractivity contribution in [2.75, 3.05) is 40.4 Å². The smallest absolute Gasteiger partial charge is 0.193 e. The molecule has 1 aromatic heterocycles. The van der Waals surface area contributed by atoms with E-state index >= 15 is 0 Å². The predicted octanol–water partition coefficient (Wildman–Crippen LogP) is 2.45. The van der Waals surface area contributed by atoms with Gasteiger partial charge in [-0.2, -0.15) is 0 Å². The quantitative estimate of drug-likeness (QED) is 0.461. The van der Waals surface area contributed by atoms with Crippen LogP contribution in [0.3, 0.4) is 0 Å². The van der Waals surface area contributed by atoms with Gasteiger partial charge in [-0.3, -0.25) is 4.99 Å². The van der Waals surface area contributed by atoms with Crippen LogP contribution in [0, 0.1) is 5.92 Å². The molecule has 0 radical (unpaired) electrons. The largest absolute Gasteiger partial charge is 0.384 e. The summed E-state index contributed by atoms with van der Waals surface area (Å²) in [6.45, 7) is 3.92. The highest BCUT2D eigenvalue weighted by Crippen LogP contribution is 2.16. The Hall–Kier alpha value is -0.340. The minimum Gasteiger partial charge on any atom is -0.384 e. The summed E-state index contributed by atoms with van der Waals surface area (Å²) in [4.78, 5) is 8.13. The maximum atomic E-state index is 5.23. The van der Waals surface area contributed by atoms with Crippen LogP contribution in [-0.4, -0.2) is 51.3 Å². The lowest BCUT2D eigenvalue weighted by Crippen LogP contribution is -2.41. The number of hydrogen-bond donors (Lipinski definition) is 1. The Bertz CT molecular complexity index is 397. The number of aliphatic imine (C=N–C) groups is 1. The van der Waals surface area contributed by atoms with Crippen molar-refractivity contribution in [3.8, 4) is 0 Å². The van der Waals surface area contributed by atoms with Crippen LogP contribution in [0.4, 0.5) is 0 Å². The van der Waals surface area contributed by atoms with Crippen molar-refractivity contribution in [1.82, 2.24) is 10.2 Å². The van der Waals surface area contributed by atoms with E-state index in [9.17, 15) is 0 Å². The third-order valence-electron chi connectivity index (χ3n) is 3.43. The molecule has 1 aliphatic heterocycles. The topological polar surface area (TPSA) is 36.9 Å². The first-order chi connectivity index (χ1) is 9.33. The summed E-state index contributed by atoms with van der Waals surface area (Å²) in [5.74, 6) is 1.66. The molecule has 1 atom stereocenters. The number of hydrogen-bond acceptors (Lipinski definition) is 3. The lowest BCUT2D eigenvalue weighted by Gasteiger charge is -2.21. The fourth-order valence-electron chi connectivity index (χ4n) is 2.48. The second kappa shape index (κ2) is 9.57. The average molecular weight is 409 g/mol. The van der Waals surface area contributed by atoms with Gasteiger partial charge in [0.25, 0.3) is 0 Å². The van der Waals surface area contributed by atoms with Crippen molar-refractivity contribution in [2.24, 2.45) is 10.9 Å². The van der Waals surface area contributed by atoms with E-state index in [0.717, 1.165) is 38.6 Å². The van der Waals surface area contributed by atoms with Gasteiger partial charge >= 0.3 is 0 Å². The highest BCUT2D eigenvalue weighted by Gasteiger charge is 2.24. The van der Waals surface area contributed by atoms with Crippen LogP contribution >= 0.6 is 35.3 Å². The summed E-state index contributed by atoms with van der Waals surface area (Å²) in [6.07, 6.45) is 2.26. The van der Waals surface area contributed by atoms with Gasteiger partial charge in [0.05, 0.1) is 6.61 Å². The van der Waals surface area contributed by atoms with Crippen LogP contribution in [0.15, 0.2) is 22.5 Å². The number of rotatable bonds is 5. The standard InChI is InChI=1S/C14H23N3OS.HI/c1-15-14(16-7-5-13-4-3-9-19-13)17-8-6-12(10-17)11-18-2;/h3-4,9,12H,5-8,10-11H2,1-2H3,(H,15,16);1H. The van der Waals surface area contributed by atoms with E-state index in [0.29, 0.717) is 5.92 Å². The number of nitrogens with one attached hydrogen (secondary N) is 1. The first kappa shape index (κ1) is 17.7. The summed E-state index contributed by atoms with van der Waals surface area (Å²) in [6, 6.07) is 4.28. The van der Waals surface area contributed by atoms with Gasteiger partial charge in [-0.25, -0.2) is 0 Å². The molecule has 1 aromatic rings. The van der Waals surface area contributed by atoms with Gasteiger partial charge in [0.15, 0.2) is 5.96 Å². The monoisotopic (exact) mass is 409 g/mol. The molecule has 1 unspecified atom stereocenters. The number of halogens is 1. The summed E-state index contributed by atoms with van der Waals surface area (Å²) >= 11 is 1.81.